The van der Waals surface area contributed by atoms with E-state index in [0.717, 1.165) is 31.5 Å². The lowest BCUT2D eigenvalue weighted by Crippen LogP contribution is -2.44. The molecule has 19 heavy (non-hydrogen) atoms. The Morgan fingerprint density at radius 2 is 1.95 bits per heavy atom. The van der Waals surface area contributed by atoms with Crippen LogP contribution in [0.1, 0.15) is 26.7 Å². The third-order valence-corrected chi connectivity index (χ3v) is 4.53. The van der Waals surface area contributed by atoms with Crippen LogP contribution in [0.15, 0.2) is 23.0 Å². The van der Waals surface area contributed by atoms with E-state index in [1.54, 1.807) is 11.8 Å². The number of carbonyl (C=O) groups excluding carboxylic acids is 2. The Bertz CT molecular complexity index is 513. The van der Waals surface area contributed by atoms with Crippen LogP contribution in [0.5, 0.6) is 0 Å². The summed E-state index contributed by atoms with van der Waals surface area (Å²) in [5, 5.41) is 3.29. The van der Waals surface area contributed by atoms with Gasteiger partial charge in [-0.1, -0.05) is 0 Å². The summed E-state index contributed by atoms with van der Waals surface area (Å²) in [5.74, 6) is -0.223. The maximum absolute atomic E-state index is 12.8. The first-order valence-corrected chi connectivity index (χ1v) is 6.66. The first-order chi connectivity index (χ1) is 9.06. The van der Waals surface area contributed by atoms with E-state index in [-0.39, 0.29) is 23.9 Å². The third-order valence-electron chi connectivity index (χ3n) is 4.53. The van der Waals surface area contributed by atoms with E-state index in [0.29, 0.717) is 11.3 Å². The van der Waals surface area contributed by atoms with Crippen molar-refractivity contribution in [2.24, 2.45) is 5.41 Å². The lowest BCUT2D eigenvalue weighted by molar-refractivity contribution is -0.137. The number of cyclic esters (lactones) is 1. The van der Waals surface area contributed by atoms with Crippen LogP contribution in [0.3, 0.4) is 0 Å². The minimum atomic E-state index is -0.371. The molecule has 1 fully saturated rings. The molecule has 0 aromatic carbocycles. The van der Waals surface area contributed by atoms with Gasteiger partial charge in [0.1, 0.15) is 6.61 Å². The Morgan fingerprint density at radius 1 is 1.26 bits per heavy atom. The summed E-state index contributed by atoms with van der Waals surface area (Å²) in [4.78, 5) is 25.9. The van der Waals surface area contributed by atoms with Gasteiger partial charge in [-0.3, -0.25) is 9.69 Å². The number of nitrogens with one attached hydrogen (secondary N) is 1. The summed E-state index contributed by atoms with van der Waals surface area (Å²) in [5.41, 5.74) is 1.97. The van der Waals surface area contributed by atoms with Gasteiger partial charge in [-0.2, -0.15) is 0 Å². The second kappa shape index (κ2) is 4.20. The molecule has 5 heteroatoms. The van der Waals surface area contributed by atoms with E-state index in [4.69, 9.17) is 4.74 Å². The average Bonchev–Trinajstić information content (AvgIpc) is 2.86. The molecule has 0 unspecified atom stereocenters. The number of carbonyl (C=O) groups is 2. The molecule has 5 nitrogen and oxygen atoms in total. The van der Waals surface area contributed by atoms with Gasteiger partial charge >= 0.3 is 5.97 Å². The number of esters is 1. The lowest BCUT2D eigenvalue weighted by atomic mass is 9.74. The molecule has 0 aromatic rings. The van der Waals surface area contributed by atoms with Gasteiger partial charge in [-0.25, -0.2) is 4.79 Å². The van der Waals surface area contributed by atoms with Crippen LogP contribution in [-0.2, 0) is 14.3 Å². The van der Waals surface area contributed by atoms with Gasteiger partial charge in [0, 0.05) is 6.20 Å². The van der Waals surface area contributed by atoms with Crippen LogP contribution in [0.4, 0.5) is 0 Å². The molecule has 3 rings (SSSR count). The molecule has 0 atom stereocenters. The summed E-state index contributed by atoms with van der Waals surface area (Å²) >= 11 is 0. The van der Waals surface area contributed by atoms with Crippen molar-refractivity contribution in [3.63, 3.8) is 0 Å². The highest BCUT2D eigenvalue weighted by molar-refractivity contribution is 5.96. The van der Waals surface area contributed by atoms with Gasteiger partial charge in [-0.15, -0.1) is 0 Å². The molecular formula is C14H18N2O3. The fourth-order valence-corrected chi connectivity index (χ4v) is 3.16. The van der Waals surface area contributed by atoms with Gasteiger partial charge in [0.25, 0.3) is 0 Å². The van der Waals surface area contributed by atoms with Crippen molar-refractivity contribution in [2.45, 2.75) is 26.7 Å². The average molecular weight is 262 g/mol. The fourth-order valence-electron chi connectivity index (χ4n) is 3.16. The van der Waals surface area contributed by atoms with Crippen molar-refractivity contribution in [2.75, 3.05) is 19.7 Å². The van der Waals surface area contributed by atoms with E-state index in [9.17, 15) is 9.59 Å². The van der Waals surface area contributed by atoms with E-state index >= 15 is 0 Å². The largest absolute Gasteiger partial charge is 0.456 e. The molecule has 1 saturated heterocycles. The van der Waals surface area contributed by atoms with Crippen LogP contribution in [0.2, 0.25) is 0 Å². The van der Waals surface area contributed by atoms with Crippen molar-refractivity contribution in [3.05, 3.63) is 23.0 Å². The fraction of sp³-hybridized carbons (Fsp3) is 0.571. The molecule has 102 valence electrons. The molecule has 1 amide bonds. The monoisotopic (exact) mass is 262 g/mol. The predicted molar refractivity (Wildman–Crippen MR) is 68.8 cm³/mol. The minimum absolute atomic E-state index is 0.0964. The Balaban J connectivity index is 1.95. The number of ether oxygens (including phenoxy) is 1. The van der Waals surface area contributed by atoms with Crippen LogP contribution in [0.25, 0.3) is 0 Å². The van der Waals surface area contributed by atoms with Crippen molar-refractivity contribution >= 4 is 11.9 Å². The first-order valence-electron chi connectivity index (χ1n) is 6.66. The molecule has 0 aliphatic carbocycles. The molecule has 3 heterocycles. The highest BCUT2D eigenvalue weighted by Crippen LogP contribution is 2.45. The SMILES string of the molecule is CC1=CN(C2=C(C)C(=O)OC2)C(=O)C12CCNCC2. The molecular weight excluding hydrogens is 244 g/mol. The standard InChI is InChI=1S/C14H18N2O3/c1-9-7-16(11-8-19-12(17)10(11)2)13(18)14(9)3-5-15-6-4-14/h7,15H,3-6,8H2,1-2H3. The van der Waals surface area contributed by atoms with Crippen LogP contribution >= 0.6 is 0 Å². The van der Waals surface area contributed by atoms with Gasteiger partial charge in [0.05, 0.1) is 16.7 Å². The Kier molecular flexibility index (Phi) is 2.74. The van der Waals surface area contributed by atoms with Crippen molar-refractivity contribution in [3.8, 4) is 0 Å². The molecule has 0 aromatic heterocycles. The molecule has 0 bridgehead atoms. The highest BCUT2D eigenvalue weighted by Gasteiger charge is 2.49. The smallest absolute Gasteiger partial charge is 0.336 e. The first kappa shape index (κ1) is 12.4. The van der Waals surface area contributed by atoms with Crippen LogP contribution in [0, 0.1) is 5.41 Å². The molecule has 3 aliphatic heterocycles. The molecule has 3 aliphatic rings. The second-order valence-corrected chi connectivity index (χ2v) is 5.47. The maximum Gasteiger partial charge on any atom is 0.336 e. The second-order valence-electron chi connectivity index (χ2n) is 5.47. The zero-order valence-electron chi connectivity index (χ0n) is 11.3. The Labute approximate surface area is 112 Å². The zero-order chi connectivity index (χ0) is 13.6. The number of amides is 1. The summed E-state index contributed by atoms with van der Waals surface area (Å²) in [6.07, 6.45) is 3.53. The molecule has 1 spiro atoms. The predicted octanol–water partition coefficient (Wildman–Crippen LogP) is 0.933. The van der Waals surface area contributed by atoms with Gasteiger partial charge in [-0.05, 0) is 45.4 Å². The number of rotatable bonds is 1. The Morgan fingerprint density at radius 3 is 2.53 bits per heavy atom. The molecule has 1 N–H and O–H groups in total. The highest BCUT2D eigenvalue weighted by atomic mass is 16.5. The van der Waals surface area contributed by atoms with E-state index in [1.165, 1.54) is 0 Å². The summed E-state index contributed by atoms with van der Waals surface area (Å²) in [6, 6.07) is 0. The number of hydrogen-bond acceptors (Lipinski definition) is 4. The minimum Gasteiger partial charge on any atom is -0.456 e. The molecule has 0 saturated carbocycles. The normalized spacial score (nSPS) is 26.2. The van der Waals surface area contributed by atoms with Gasteiger partial charge in [0.2, 0.25) is 5.91 Å². The number of hydrogen-bond donors (Lipinski definition) is 1. The quantitative estimate of drug-likeness (QED) is 0.714. The summed E-state index contributed by atoms with van der Waals surface area (Å²) in [6.45, 7) is 5.65. The van der Waals surface area contributed by atoms with Crippen molar-refractivity contribution in [1.82, 2.24) is 10.2 Å². The lowest BCUT2D eigenvalue weighted by Gasteiger charge is -2.34. The van der Waals surface area contributed by atoms with Crippen molar-refractivity contribution < 1.29 is 14.3 Å². The number of piperidine rings is 1. The topological polar surface area (TPSA) is 58.6 Å². The van der Waals surface area contributed by atoms with Gasteiger partial charge in [0.15, 0.2) is 0 Å². The van der Waals surface area contributed by atoms with Crippen LogP contribution < -0.4 is 5.32 Å². The maximum atomic E-state index is 12.8. The summed E-state index contributed by atoms with van der Waals surface area (Å²) < 4.78 is 5.00. The van der Waals surface area contributed by atoms with Crippen molar-refractivity contribution in [1.29, 1.82) is 0 Å². The van der Waals surface area contributed by atoms with Crippen LogP contribution in [-0.4, -0.2) is 36.5 Å². The summed E-state index contributed by atoms with van der Waals surface area (Å²) in [7, 11) is 0. The molecule has 0 radical (unpaired) electrons. The van der Waals surface area contributed by atoms with E-state index in [2.05, 4.69) is 5.32 Å². The zero-order valence-corrected chi connectivity index (χ0v) is 11.3. The van der Waals surface area contributed by atoms with E-state index < -0.39 is 0 Å². The third kappa shape index (κ3) is 1.64. The number of nitrogens with zero attached hydrogens (tertiary/aromatic N) is 1. The Hall–Kier alpha value is -1.62. The van der Waals surface area contributed by atoms with Gasteiger partial charge < -0.3 is 10.1 Å². The van der Waals surface area contributed by atoms with E-state index in [1.807, 2.05) is 13.1 Å².